The van der Waals surface area contributed by atoms with Crippen LogP contribution in [0.15, 0.2) is 64.9 Å². The third-order valence-corrected chi connectivity index (χ3v) is 9.42. The molecular weight excluding hydrogens is 504 g/mol. The molecule has 0 saturated carbocycles. The number of carbonyl (C=O) groups is 1. The summed E-state index contributed by atoms with van der Waals surface area (Å²) in [6.45, 7) is 6.12. The number of amides is 1. The molecule has 0 N–H and O–H groups in total. The first-order valence-corrected chi connectivity index (χ1v) is 14.2. The normalized spacial score (nSPS) is 15.9. The molecule has 6 nitrogen and oxygen atoms in total. The number of hydrogen-bond donors (Lipinski definition) is 0. The van der Waals surface area contributed by atoms with Gasteiger partial charge in [0, 0.05) is 22.5 Å². The van der Waals surface area contributed by atoms with Crippen LogP contribution in [-0.4, -0.2) is 49.3 Å². The molecule has 35 heavy (non-hydrogen) atoms. The van der Waals surface area contributed by atoms with Gasteiger partial charge in [-0.1, -0.05) is 29.3 Å². The number of nitrogens with zero attached hydrogens (tertiary/aromatic N) is 2. The van der Waals surface area contributed by atoms with Gasteiger partial charge in [0.1, 0.15) is 12.4 Å². The van der Waals surface area contributed by atoms with Crippen molar-refractivity contribution in [1.82, 2.24) is 9.21 Å². The van der Waals surface area contributed by atoms with E-state index in [0.717, 1.165) is 23.3 Å². The summed E-state index contributed by atoms with van der Waals surface area (Å²) in [7, 11) is -3.88. The summed E-state index contributed by atoms with van der Waals surface area (Å²) >= 11 is 7.62. The lowest BCUT2D eigenvalue weighted by atomic mass is 10.0. The van der Waals surface area contributed by atoms with Crippen LogP contribution < -0.4 is 4.74 Å². The number of thiophene rings is 1. The second-order valence-electron chi connectivity index (χ2n) is 8.87. The minimum absolute atomic E-state index is 0.112. The van der Waals surface area contributed by atoms with Crippen LogP contribution in [0.2, 0.25) is 5.02 Å². The molecule has 0 spiro atoms. The highest BCUT2D eigenvalue weighted by Crippen LogP contribution is 2.34. The fourth-order valence-electron chi connectivity index (χ4n) is 4.20. The number of ether oxygens (including phenoxy) is 1. The van der Waals surface area contributed by atoms with Gasteiger partial charge in [-0.3, -0.25) is 4.79 Å². The van der Waals surface area contributed by atoms with E-state index in [4.69, 9.17) is 16.3 Å². The van der Waals surface area contributed by atoms with E-state index in [2.05, 4.69) is 0 Å². The van der Waals surface area contributed by atoms with Gasteiger partial charge in [0.15, 0.2) is 0 Å². The maximum atomic E-state index is 13.6. The van der Waals surface area contributed by atoms with E-state index in [1.54, 1.807) is 30.1 Å². The molecule has 0 fully saturated rings. The topological polar surface area (TPSA) is 66.9 Å². The second-order valence-corrected chi connectivity index (χ2v) is 12.2. The molecule has 1 amide bonds. The molecule has 9 heteroatoms. The van der Waals surface area contributed by atoms with Crippen molar-refractivity contribution in [2.75, 3.05) is 19.7 Å². The Morgan fingerprint density at radius 1 is 1.14 bits per heavy atom. The summed E-state index contributed by atoms with van der Waals surface area (Å²) in [6.07, 6.45) is 0.741. The molecule has 0 bridgehead atoms. The molecule has 0 saturated heterocycles. The molecule has 3 aromatic rings. The van der Waals surface area contributed by atoms with Gasteiger partial charge in [-0.15, -0.1) is 11.3 Å². The first kappa shape index (κ1) is 25.7. The van der Waals surface area contributed by atoms with E-state index in [0.29, 0.717) is 18.2 Å². The summed E-state index contributed by atoms with van der Waals surface area (Å²) in [5.41, 5.74) is 2.21. The fourth-order valence-corrected chi connectivity index (χ4v) is 6.84. The summed E-state index contributed by atoms with van der Waals surface area (Å²) < 4.78 is 34.1. The van der Waals surface area contributed by atoms with Gasteiger partial charge in [-0.25, -0.2) is 8.42 Å². The molecule has 1 atom stereocenters. The third-order valence-electron chi connectivity index (χ3n) is 6.13. The quantitative estimate of drug-likeness (QED) is 0.394. The summed E-state index contributed by atoms with van der Waals surface area (Å²) in [6, 6.07) is 15.2. The fraction of sp³-hybridized carbons (Fsp3) is 0.346. The van der Waals surface area contributed by atoms with Crippen LogP contribution in [0.4, 0.5) is 0 Å². The summed E-state index contributed by atoms with van der Waals surface area (Å²) in [5, 5.41) is 2.48. The van der Waals surface area contributed by atoms with E-state index in [1.807, 2.05) is 42.6 Å². The Morgan fingerprint density at radius 2 is 1.83 bits per heavy atom. The smallest absolute Gasteiger partial charge is 0.243 e. The Bertz CT molecular complexity index is 1270. The lowest BCUT2D eigenvalue weighted by Crippen LogP contribution is -2.49. The molecule has 2 aromatic carbocycles. The molecule has 186 valence electrons. The molecule has 2 heterocycles. The lowest BCUT2D eigenvalue weighted by Gasteiger charge is -2.37. The van der Waals surface area contributed by atoms with Gasteiger partial charge in [0.05, 0.1) is 17.5 Å². The number of halogens is 1. The molecule has 1 aromatic heterocycles. The maximum Gasteiger partial charge on any atom is 0.243 e. The maximum absolute atomic E-state index is 13.6. The zero-order valence-corrected chi connectivity index (χ0v) is 22.4. The summed E-state index contributed by atoms with van der Waals surface area (Å²) in [4.78, 5) is 16.7. The number of carbonyl (C=O) groups excluding carboxylic acids is 1. The van der Waals surface area contributed by atoms with Gasteiger partial charge < -0.3 is 9.64 Å². The van der Waals surface area contributed by atoms with Crippen LogP contribution in [0.1, 0.15) is 35.9 Å². The van der Waals surface area contributed by atoms with Crippen molar-refractivity contribution in [3.8, 4) is 5.75 Å². The minimum atomic E-state index is -3.88. The molecule has 1 aliphatic rings. The van der Waals surface area contributed by atoms with Gasteiger partial charge in [0.25, 0.3) is 0 Å². The number of benzene rings is 2. The molecular formula is C26H29ClN2O4S2. The van der Waals surface area contributed by atoms with Crippen molar-refractivity contribution < 1.29 is 17.9 Å². The van der Waals surface area contributed by atoms with E-state index in [1.165, 1.54) is 33.4 Å². The Balaban J connectivity index is 1.56. The Hall–Kier alpha value is -2.39. The molecule has 0 unspecified atom stereocenters. The zero-order valence-electron chi connectivity index (χ0n) is 20.0. The molecule has 4 rings (SSSR count). The van der Waals surface area contributed by atoms with Gasteiger partial charge in [0.2, 0.25) is 15.9 Å². The SMILES string of the molecule is Cc1ccc(OC[C@H]2c3ccsc3CCN2C(=O)CN(C(C)C)S(=O)(=O)c2ccc(Cl)cc2)cc1. The van der Waals surface area contributed by atoms with Crippen LogP contribution in [-0.2, 0) is 21.2 Å². The van der Waals surface area contributed by atoms with E-state index in [-0.39, 0.29) is 23.4 Å². The Kier molecular flexibility index (Phi) is 7.86. The predicted octanol–water partition coefficient (Wildman–Crippen LogP) is 5.31. The van der Waals surface area contributed by atoms with Crippen molar-refractivity contribution in [3.63, 3.8) is 0 Å². The largest absolute Gasteiger partial charge is 0.491 e. The highest BCUT2D eigenvalue weighted by atomic mass is 35.5. The van der Waals surface area contributed by atoms with Gasteiger partial charge in [-0.05, 0) is 80.6 Å². The van der Waals surface area contributed by atoms with Crippen LogP contribution >= 0.6 is 22.9 Å². The predicted molar refractivity (Wildman–Crippen MR) is 140 cm³/mol. The van der Waals surface area contributed by atoms with Crippen molar-refractivity contribution in [1.29, 1.82) is 0 Å². The number of rotatable bonds is 8. The second kappa shape index (κ2) is 10.7. The van der Waals surface area contributed by atoms with Crippen molar-refractivity contribution in [3.05, 3.63) is 81.0 Å². The van der Waals surface area contributed by atoms with E-state index < -0.39 is 16.1 Å². The molecule has 0 aliphatic carbocycles. The highest BCUT2D eigenvalue weighted by Gasteiger charge is 2.36. The Labute approximate surface area is 216 Å². The minimum Gasteiger partial charge on any atom is -0.491 e. The van der Waals surface area contributed by atoms with Crippen LogP contribution in [0.5, 0.6) is 5.75 Å². The molecule has 1 aliphatic heterocycles. The number of aryl methyl sites for hydroxylation is 1. The average molecular weight is 533 g/mol. The van der Waals surface area contributed by atoms with E-state index in [9.17, 15) is 13.2 Å². The highest BCUT2D eigenvalue weighted by molar-refractivity contribution is 7.89. The van der Waals surface area contributed by atoms with Gasteiger partial charge in [-0.2, -0.15) is 4.31 Å². The van der Waals surface area contributed by atoms with Crippen molar-refractivity contribution in [2.45, 2.75) is 44.2 Å². The molecule has 0 radical (unpaired) electrons. The van der Waals surface area contributed by atoms with Gasteiger partial charge >= 0.3 is 0 Å². The number of sulfonamides is 1. The number of fused-ring (bicyclic) bond motifs is 1. The van der Waals surface area contributed by atoms with Crippen molar-refractivity contribution in [2.24, 2.45) is 0 Å². The first-order chi connectivity index (χ1) is 16.7. The van der Waals surface area contributed by atoms with Crippen LogP contribution in [0.25, 0.3) is 0 Å². The standard InChI is InChI=1S/C26H29ClN2O4S2/c1-18(2)29(35(31,32)22-10-6-20(27)7-11-22)16-26(30)28-14-12-25-23(13-15-34-25)24(28)17-33-21-8-4-19(3)5-9-21/h4-11,13,15,18,24H,12,14,16-17H2,1-3H3/t24-/m0/s1. The Morgan fingerprint density at radius 3 is 2.49 bits per heavy atom. The lowest BCUT2D eigenvalue weighted by molar-refractivity contribution is -0.135. The monoisotopic (exact) mass is 532 g/mol. The third kappa shape index (κ3) is 5.72. The van der Waals surface area contributed by atoms with Crippen molar-refractivity contribution >= 4 is 38.9 Å². The zero-order chi connectivity index (χ0) is 25.2. The first-order valence-electron chi connectivity index (χ1n) is 11.5. The van der Waals surface area contributed by atoms with E-state index >= 15 is 0 Å². The summed E-state index contributed by atoms with van der Waals surface area (Å²) in [5.74, 6) is 0.491. The number of hydrogen-bond acceptors (Lipinski definition) is 5. The van der Waals surface area contributed by atoms with Crippen LogP contribution in [0, 0.1) is 6.92 Å². The average Bonchev–Trinajstić information content (AvgIpc) is 3.31. The van der Waals surface area contributed by atoms with Crippen LogP contribution in [0.3, 0.4) is 0 Å².